The number of pyridine rings is 1. The Bertz CT molecular complexity index is 517. The molecule has 2 fully saturated rings. The summed E-state index contributed by atoms with van der Waals surface area (Å²) in [6.07, 6.45) is 6.57. The first-order valence-electron chi connectivity index (χ1n) is 7.53. The number of carbonyl (C=O) groups is 1. The van der Waals surface area contributed by atoms with E-state index in [0.29, 0.717) is 25.2 Å². The zero-order valence-corrected chi connectivity index (χ0v) is 12.0. The van der Waals surface area contributed by atoms with Crippen molar-refractivity contribution in [3.63, 3.8) is 0 Å². The minimum absolute atomic E-state index is 0.00993. The van der Waals surface area contributed by atoms with Gasteiger partial charge in [-0.25, -0.2) is 0 Å². The molecule has 20 heavy (non-hydrogen) atoms. The molecular formula is C16H22N2O2. The molecule has 1 amide bonds. The van der Waals surface area contributed by atoms with Crippen molar-refractivity contribution >= 4 is 5.91 Å². The fraction of sp³-hybridized carbons (Fsp3) is 0.625. The normalized spacial score (nSPS) is 29.9. The van der Waals surface area contributed by atoms with E-state index >= 15 is 0 Å². The van der Waals surface area contributed by atoms with Gasteiger partial charge in [-0.2, -0.15) is 0 Å². The van der Waals surface area contributed by atoms with E-state index in [1.165, 1.54) is 0 Å². The van der Waals surface area contributed by atoms with Gasteiger partial charge in [-0.1, -0.05) is 18.9 Å². The summed E-state index contributed by atoms with van der Waals surface area (Å²) in [6, 6.07) is 3.77. The zero-order valence-electron chi connectivity index (χ0n) is 12.0. The molecule has 3 rings (SSSR count). The summed E-state index contributed by atoms with van der Waals surface area (Å²) < 4.78 is 0. The summed E-state index contributed by atoms with van der Waals surface area (Å²) >= 11 is 0. The number of piperidine rings is 1. The second-order valence-corrected chi connectivity index (χ2v) is 6.22. The molecule has 108 valence electrons. The SMILES string of the molecule is Cc1cccnc1C(=O)N1CCC2(O)CCCCC2C1. The summed E-state index contributed by atoms with van der Waals surface area (Å²) in [5.41, 5.74) is 0.935. The lowest BCUT2D eigenvalue weighted by atomic mass is 9.71. The van der Waals surface area contributed by atoms with Crippen LogP contribution >= 0.6 is 0 Å². The van der Waals surface area contributed by atoms with E-state index in [-0.39, 0.29) is 11.8 Å². The third kappa shape index (κ3) is 2.33. The number of likely N-dealkylation sites (tertiary alicyclic amines) is 1. The molecule has 1 aliphatic carbocycles. The lowest BCUT2D eigenvalue weighted by Crippen LogP contribution is -2.54. The van der Waals surface area contributed by atoms with Gasteiger partial charge < -0.3 is 10.0 Å². The van der Waals surface area contributed by atoms with Crippen LogP contribution in [0.25, 0.3) is 0 Å². The summed E-state index contributed by atoms with van der Waals surface area (Å²) in [6.45, 7) is 3.23. The molecule has 1 N–H and O–H groups in total. The highest BCUT2D eigenvalue weighted by molar-refractivity contribution is 5.93. The van der Waals surface area contributed by atoms with Gasteiger partial charge in [0.25, 0.3) is 5.91 Å². The van der Waals surface area contributed by atoms with Crippen LogP contribution in [-0.4, -0.2) is 39.6 Å². The number of aryl methyl sites for hydroxylation is 1. The fourth-order valence-electron chi connectivity index (χ4n) is 3.61. The van der Waals surface area contributed by atoms with Crippen LogP contribution in [0, 0.1) is 12.8 Å². The Morgan fingerprint density at radius 1 is 1.45 bits per heavy atom. The van der Waals surface area contributed by atoms with Crippen molar-refractivity contribution in [2.24, 2.45) is 5.92 Å². The average molecular weight is 274 g/mol. The zero-order chi connectivity index (χ0) is 14.2. The highest BCUT2D eigenvalue weighted by Crippen LogP contribution is 2.40. The first-order valence-corrected chi connectivity index (χ1v) is 7.53. The van der Waals surface area contributed by atoms with Gasteiger partial charge in [-0.05, 0) is 37.8 Å². The van der Waals surface area contributed by atoms with Gasteiger partial charge in [0.15, 0.2) is 0 Å². The smallest absolute Gasteiger partial charge is 0.272 e. The van der Waals surface area contributed by atoms with Crippen LogP contribution in [0.15, 0.2) is 18.3 Å². The Labute approximate surface area is 119 Å². The lowest BCUT2D eigenvalue weighted by Gasteiger charge is -2.47. The second-order valence-electron chi connectivity index (χ2n) is 6.22. The monoisotopic (exact) mass is 274 g/mol. The Morgan fingerprint density at radius 2 is 2.30 bits per heavy atom. The average Bonchev–Trinajstić information content (AvgIpc) is 2.46. The number of amides is 1. The summed E-state index contributed by atoms with van der Waals surface area (Å²) in [4.78, 5) is 18.7. The summed E-state index contributed by atoms with van der Waals surface area (Å²) in [7, 11) is 0. The molecule has 1 saturated heterocycles. The molecule has 4 nitrogen and oxygen atoms in total. The quantitative estimate of drug-likeness (QED) is 0.853. The van der Waals surface area contributed by atoms with Crippen molar-refractivity contribution < 1.29 is 9.90 Å². The predicted octanol–water partition coefficient (Wildman–Crippen LogP) is 2.16. The molecule has 1 aromatic rings. The molecule has 0 radical (unpaired) electrons. The maximum atomic E-state index is 12.6. The molecule has 2 aliphatic rings. The van der Waals surface area contributed by atoms with Crippen molar-refractivity contribution in [2.75, 3.05) is 13.1 Å². The number of aliphatic hydroxyl groups is 1. The van der Waals surface area contributed by atoms with Gasteiger partial charge >= 0.3 is 0 Å². The van der Waals surface area contributed by atoms with Crippen molar-refractivity contribution in [1.29, 1.82) is 0 Å². The van der Waals surface area contributed by atoms with Crippen molar-refractivity contribution in [1.82, 2.24) is 9.88 Å². The van der Waals surface area contributed by atoms with Gasteiger partial charge in [0, 0.05) is 25.2 Å². The molecular weight excluding hydrogens is 252 g/mol. The van der Waals surface area contributed by atoms with E-state index in [2.05, 4.69) is 4.98 Å². The highest BCUT2D eigenvalue weighted by Gasteiger charge is 2.44. The van der Waals surface area contributed by atoms with Crippen molar-refractivity contribution in [3.8, 4) is 0 Å². The number of nitrogens with zero attached hydrogens (tertiary/aromatic N) is 2. The van der Waals surface area contributed by atoms with Crippen LogP contribution < -0.4 is 0 Å². The standard InChI is InChI=1S/C16H22N2O2/c1-12-5-4-9-17-14(12)15(19)18-10-8-16(20)7-3-2-6-13(16)11-18/h4-5,9,13,20H,2-3,6-8,10-11H2,1H3. The summed E-state index contributed by atoms with van der Waals surface area (Å²) in [5.74, 6) is 0.244. The summed E-state index contributed by atoms with van der Waals surface area (Å²) in [5, 5.41) is 10.7. The fourth-order valence-corrected chi connectivity index (χ4v) is 3.61. The van der Waals surface area contributed by atoms with Gasteiger partial charge in [0.2, 0.25) is 0 Å². The number of hydrogen-bond donors (Lipinski definition) is 1. The minimum Gasteiger partial charge on any atom is -0.389 e. The predicted molar refractivity (Wildman–Crippen MR) is 76.4 cm³/mol. The van der Waals surface area contributed by atoms with Crippen molar-refractivity contribution in [3.05, 3.63) is 29.6 Å². The van der Waals surface area contributed by atoms with Crippen LogP contribution in [0.3, 0.4) is 0 Å². The van der Waals surface area contributed by atoms with Gasteiger partial charge in [0.1, 0.15) is 5.69 Å². The number of hydrogen-bond acceptors (Lipinski definition) is 3. The van der Waals surface area contributed by atoms with Gasteiger partial charge in [-0.3, -0.25) is 9.78 Å². The van der Waals surface area contributed by atoms with E-state index in [1.54, 1.807) is 6.20 Å². The van der Waals surface area contributed by atoms with Crippen LogP contribution in [-0.2, 0) is 0 Å². The molecule has 2 unspecified atom stereocenters. The molecule has 4 heteroatoms. The Morgan fingerprint density at radius 3 is 3.10 bits per heavy atom. The third-order valence-electron chi connectivity index (χ3n) is 4.93. The van der Waals surface area contributed by atoms with E-state index < -0.39 is 5.60 Å². The number of aromatic nitrogens is 1. The lowest BCUT2D eigenvalue weighted by molar-refractivity contribution is -0.0886. The van der Waals surface area contributed by atoms with Crippen LogP contribution in [0.5, 0.6) is 0 Å². The van der Waals surface area contributed by atoms with Crippen LogP contribution in [0.1, 0.15) is 48.2 Å². The first-order chi connectivity index (χ1) is 9.60. The molecule has 1 saturated carbocycles. The third-order valence-corrected chi connectivity index (χ3v) is 4.93. The maximum Gasteiger partial charge on any atom is 0.272 e. The molecule has 2 heterocycles. The maximum absolute atomic E-state index is 12.6. The Hall–Kier alpha value is -1.42. The molecule has 0 spiro atoms. The molecule has 0 aromatic carbocycles. The Balaban J connectivity index is 1.76. The van der Waals surface area contributed by atoms with Crippen LogP contribution in [0.2, 0.25) is 0 Å². The molecule has 1 aliphatic heterocycles. The largest absolute Gasteiger partial charge is 0.389 e. The van der Waals surface area contributed by atoms with Gasteiger partial charge in [0.05, 0.1) is 5.60 Å². The van der Waals surface area contributed by atoms with E-state index in [1.807, 2.05) is 24.0 Å². The second kappa shape index (κ2) is 5.17. The highest BCUT2D eigenvalue weighted by atomic mass is 16.3. The topological polar surface area (TPSA) is 53.4 Å². The Kier molecular flexibility index (Phi) is 3.50. The van der Waals surface area contributed by atoms with E-state index in [4.69, 9.17) is 0 Å². The number of carbonyl (C=O) groups excluding carboxylic acids is 1. The minimum atomic E-state index is -0.534. The van der Waals surface area contributed by atoms with Crippen molar-refractivity contribution in [2.45, 2.75) is 44.6 Å². The van der Waals surface area contributed by atoms with E-state index in [0.717, 1.165) is 31.2 Å². The van der Waals surface area contributed by atoms with E-state index in [9.17, 15) is 9.90 Å². The number of fused-ring (bicyclic) bond motifs is 1. The molecule has 0 bridgehead atoms. The molecule has 1 aromatic heterocycles. The van der Waals surface area contributed by atoms with Gasteiger partial charge in [-0.15, -0.1) is 0 Å². The number of rotatable bonds is 1. The van der Waals surface area contributed by atoms with Crippen LogP contribution in [0.4, 0.5) is 0 Å². The molecule has 2 atom stereocenters. The first kappa shape index (κ1) is 13.6.